The molecule has 0 spiro atoms. The lowest BCUT2D eigenvalue weighted by Crippen LogP contribution is -2.54. The number of carbonyl (C=O) groups excluding carboxylic acids is 1. The van der Waals surface area contributed by atoms with Crippen molar-refractivity contribution in [3.05, 3.63) is 29.8 Å². The van der Waals surface area contributed by atoms with E-state index in [0.29, 0.717) is 31.7 Å². The van der Waals surface area contributed by atoms with Gasteiger partial charge in [-0.15, -0.1) is 0 Å². The molecule has 0 aliphatic carbocycles. The van der Waals surface area contributed by atoms with Crippen LogP contribution in [0.5, 0.6) is 0 Å². The molecule has 3 atom stereocenters. The van der Waals surface area contributed by atoms with E-state index >= 15 is 0 Å². The third-order valence-electron chi connectivity index (χ3n) is 6.15. The van der Waals surface area contributed by atoms with E-state index in [1.165, 1.54) is 11.9 Å². The Balaban J connectivity index is 1.56. The first-order chi connectivity index (χ1) is 14.8. The van der Waals surface area contributed by atoms with E-state index in [1.807, 2.05) is 19.1 Å². The summed E-state index contributed by atoms with van der Waals surface area (Å²) in [4.78, 5) is 19.1. The minimum Gasteiger partial charge on any atom is -0.328 e. The zero-order valence-corrected chi connectivity index (χ0v) is 19.0. The summed E-state index contributed by atoms with van der Waals surface area (Å²) in [6.07, 6.45) is 1.81. The van der Waals surface area contributed by atoms with Gasteiger partial charge in [0.2, 0.25) is 15.9 Å². The van der Waals surface area contributed by atoms with E-state index in [4.69, 9.17) is 11.0 Å². The van der Waals surface area contributed by atoms with Crippen LogP contribution < -0.4 is 10.5 Å². The summed E-state index contributed by atoms with van der Waals surface area (Å²) in [6, 6.07) is 9.16. The SMILES string of the molecule is CCCN(CC#N)C(=O)C(N)CN1C[C@@H]2CC1CN2Cc1cccc(S(=O)(=O)NC)c1. The molecule has 3 rings (SSSR count). The number of nitrogens with two attached hydrogens (primary N) is 1. The Hall–Kier alpha value is -2.03. The fraction of sp³-hybridized carbons (Fsp3) is 0.619. The smallest absolute Gasteiger partial charge is 0.241 e. The lowest BCUT2D eigenvalue weighted by molar-refractivity contribution is -0.132. The number of amides is 1. The molecule has 2 unspecified atom stereocenters. The molecule has 31 heavy (non-hydrogen) atoms. The first-order valence-electron chi connectivity index (χ1n) is 10.7. The lowest BCUT2D eigenvalue weighted by atomic mass is 10.2. The van der Waals surface area contributed by atoms with Crippen LogP contribution in [0.15, 0.2) is 29.2 Å². The number of nitrogens with zero attached hydrogens (tertiary/aromatic N) is 4. The standard InChI is InChI=1S/C21H32N6O3S/c1-3-8-25(9-7-22)21(28)20(23)15-27-14-17-11-18(27)13-26(17)12-16-5-4-6-19(10-16)31(29,30)24-2/h4-6,10,17-18,20,24H,3,8-9,11-15,23H2,1-2H3/t17-,18?,20?/m0/s1. The number of fused-ring (bicyclic) bond motifs is 2. The fourth-order valence-electron chi connectivity index (χ4n) is 4.60. The average molecular weight is 449 g/mol. The predicted molar refractivity (Wildman–Crippen MR) is 117 cm³/mol. The second kappa shape index (κ2) is 10.1. The number of likely N-dealkylation sites (tertiary alicyclic amines) is 2. The van der Waals surface area contributed by atoms with E-state index in [9.17, 15) is 13.2 Å². The Morgan fingerprint density at radius 1 is 1.35 bits per heavy atom. The van der Waals surface area contributed by atoms with Gasteiger partial charge in [0.1, 0.15) is 6.54 Å². The molecule has 2 aliphatic heterocycles. The number of benzene rings is 1. The molecular weight excluding hydrogens is 416 g/mol. The number of rotatable bonds is 10. The Morgan fingerprint density at radius 2 is 2.06 bits per heavy atom. The number of nitrogens with one attached hydrogen (secondary N) is 1. The molecule has 0 aromatic heterocycles. The maximum Gasteiger partial charge on any atom is 0.241 e. The zero-order chi connectivity index (χ0) is 22.6. The van der Waals surface area contributed by atoms with Crippen molar-refractivity contribution in [2.45, 2.75) is 49.3 Å². The van der Waals surface area contributed by atoms with Crippen molar-refractivity contribution in [2.24, 2.45) is 5.73 Å². The highest BCUT2D eigenvalue weighted by atomic mass is 32.2. The van der Waals surface area contributed by atoms with Crippen LogP contribution in [-0.2, 0) is 21.4 Å². The van der Waals surface area contributed by atoms with Crippen molar-refractivity contribution in [1.82, 2.24) is 19.4 Å². The van der Waals surface area contributed by atoms with Crippen molar-refractivity contribution in [3.8, 4) is 6.07 Å². The molecule has 1 amide bonds. The molecule has 2 saturated heterocycles. The van der Waals surface area contributed by atoms with Crippen molar-refractivity contribution in [1.29, 1.82) is 5.26 Å². The predicted octanol–water partition coefficient (Wildman–Crippen LogP) is -0.0573. The van der Waals surface area contributed by atoms with E-state index in [-0.39, 0.29) is 17.3 Å². The van der Waals surface area contributed by atoms with Gasteiger partial charge < -0.3 is 10.6 Å². The summed E-state index contributed by atoms with van der Waals surface area (Å²) in [5.41, 5.74) is 7.17. The van der Waals surface area contributed by atoms with Crippen LogP contribution in [0.1, 0.15) is 25.3 Å². The van der Waals surface area contributed by atoms with Crippen LogP contribution in [0.25, 0.3) is 0 Å². The lowest BCUT2D eigenvalue weighted by Gasteiger charge is -2.35. The number of hydrogen-bond donors (Lipinski definition) is 2. The van der Waals surface area contributed by atoms with Crippen LogP contribution in [0, 0.1) is 11.3 Å². The largest absolute Gasteiger partial charge is 0.328 e. The molecule has 1 aromatic carbocycles. The summed E-state index contributed by atoms with van der Waals surface area (Å²) in [5, 5.41) is 8.95. The normalized spacial score (nSPS) is 22.4. The molecule has 2 fully saturated rings. The van der Waals surface area contributed by atoms with Gasteiger partial charge in [-0.05, 0) is 37.6 Å². The first-order valence-corrected chi connectivity index (χ1v) is 12.2. The molecule has 1 aromatic rings. The highest BCUT2D eigenvalue weighted by Gasteiger charge is 2.43. The second-order valence-electron chi connectivity index (χ2n) is 8.31. The van der Waals surface area contributed by atoms with Crippen molar-refractivity contribution in [2.75, 3.05) is 39.8 Å². The maximum atomic E-state index is 12.6. The van der Waals surface area contributed by atoms with Gasteiger partial charge in [-0.25, -0.2) is 13.1 Å². The summed E-state index contributed by atoms with van der Waals surface area (Å²) in [5.74, 6) is -0.161. The van der Waals surface area contributed by atoms with Gasteiger partial charge in [-0.3, -0.25) is 14.6 Å². The topological polar surface area (TPSA) is 123 Å². The van der Waals surface area contributed by atoms with E-state index in [2.05, 4.69) is 14.5 Å². The Labute approximate surface area is 184 Å². The van der Waals surface area contributed by atoms with E-state index < -0.39 is 16.1 Å². The molecule has 0 radical (unpaired) electrons. The first kappa shape index (κ1) is 23.6. The molecule has 0 saturated carbocycles. The summed E-state index contributed by atoms with van der Waals surface area (Å²) in [6.45, 7) is 5.48. The molecule has 2 bridgehead atoms. The van der Waals surface area contributed by atoms with E-state index in [1.54, 1.807) is 18.2 Å². The van der Waals surface area contributed by atoms with Crippen molar-refractivity contribution < 1.29 is 13.2 Å². The highest BCUT2D eigenvalue weighted by Crippen LogP contribution is 2.32. The number of carbonyl (C=O) groups is 1. The average Bonchev–Trinajstić information content (AvgIpc) is 3.33. The second-order valence-corrected chi connectivity index (χ2v) is 10.2. The van der Waals surface area contributed by atoms with Crippen molar-refractivity contribution in [3.63, 3.8) is 0 Å². The molecule has 170 valence electrons. The summed E-state index contributed by atoms with van der Waals surface area (Å²) in [7, 11) is -2.05. The third-order valence-corrected chi connectivity index (χ3v) is 7.56. The minimum absolute atomic E-state index is 0.0720. The Morgan fingerprint density at radius 3 is 2.68 bits per heavy atom. The quantitative estimate of drug-likeness (QED) is 0.481. The number of piperazine rings is 1. The van der Waals surface area contributed by atoms with Crippen LogP contribution in [-0.4, -0.2) is 86.9 Å². The van der Waals surface area contributed by atoms with E-state index in [0.717, 1.165) is 31.5 Å². The zero-order valence-electron chi connectivity index (χ0n) is 18.2. The summed E-state index contributed by atoms with van der Waals surface area (Å²) < 4.78 is 26.5. The minimum atomic E-state index is -3.46. The number of hydrogen-bond acceptors (Lipinski definition) is 7. The Bertz CT molecular complexity index is 931. The summed E-state index contributed by atoms with van der Waals surface area (Å²) >= 11 is 0. The van der Waals surface area contributed by atoms with Crippen LogP contribution >= 0.6 is 0 Å². The molecule has 2 aliphatic rings. The monoisotopic (exact) mass is 448 g/mol. The van der Waals surface area contributed by atoms with Gasteiger partial charge in [0.15, 0.2) is 0 Å². The Kier molecular flexibility index (Phi) is 7.67. The van der Waals surface area contributed by atoms with Crippen LogP contribution in [0.2, 0.25) is 0 Å². The molecule has 9 nitrogen and oxygen atoms in total. The molecular formula is C21H32N6O3S. The number of nitriles is 1. The number of sulfonamides is 1. The van der Waals surface area contributed by atoms with Gasteiger partial charge in [-0.2, -0.15) is 5.26 Å². The van der Waals surface area contributed by atoms with Crippen LogP contribution in [0.4, 0.5) is 0 Å². The van der Waals surface area contributed by atoms with Gasteiger partial charge in [0.05, 0.1) is 17.0 Å². The maximum absolute atomic E-state index is 12.6. The fourth-order valence-corrected chi connectivity index (χ4v) is 5.40. The highest BCUT2D eigenvalue weighted by molar-refractivity contribution is 7.89. The molecule has 10 heteroatoms. The van der Waals surface area contributed by atoms with Gasteiger partial charge >= 0.3 is 0 Å². The van der Waals surface area contributed by atoms with Crippen molar-refractivity contribution >= 4 is 15.9 Å². The third kappa shape index (κ3) is 5.42. The van der Waals surface area contributed by atoms with Crippen LogP contribution in [0.3, 0.4) is 0 Å². The van der Waals surface area contributed by atoms with Gasteiger partial charge in [-0.1, -0.05) is 19.1 Å². The van der Waals surface area contributed by atoms with Gasteiger partial charge in [0, 0.05) is 44.8 Å². The molecule has 2 heterocycles. The molecule has 3 N–H and O–H groups in total. The van der Waals surface area contributed by atoms with Gasteiger partial charge in [0.25, 0.3) is 0 Å².